The number of ether oxygens (including phenoxy) is 1. The van der Waals surface area contributed by atoms with Gasteiger partial charge in [-0.25, -0.2) is 4.98 Å². The maximum absolute atomic E-state index is 10.7. The Morgan fingerprint density at radius 1 is 1.56 bits per heavy atom. The number of nitrogens with zero attached hydrogens (tertiary/aromatic N) is 1. The molecule has 0 unspecified atom stereocenters. The number of fused-ring (bicyclic) bond motifs is 1. The van der Waals surface area contributed by atoms with E-state index in [2.05, 4.69) is 10.3 Å². The van der Waals surface area contributed by atoms with Crippen molar-refractivity contribution < 1.29 is 9.53 Å². The highest BCUT2D eigenvalue weighted by Gasteiger charge is 2.02. The van der Waals surface area contributed by atoms with Crippen LogP contribution in [0.5, 0.6) is 5.75 Å². The number of aromatic nitrogens is 1. The minimum Gasteiger partial charge on any atom is -0.497 e. The third-order valence-electron chi connectivity index (χ3n) is 2.34. The van der Waals surface area contributed by atoms with Crippen LogP contribution >= 0.6 is 11.3 Å². The summed E-state index contributed by atoms with van der Waals surface area (Å²) >= 11 is 1.60. The van der Waals surface area contributed by atoms with Crippen LogP contribution in [0.3, 0.4) is 0 Å². The molecule has 0 aliphatic carbocycles. The van der Waals surface area contributed by atoms with Gasteiger partial charge < -0.3 is 10.1 Å². The maximum atomic E-state index is 10.7. The number of benzene rings is 1. The number of thiazole rings is 1. The zero-order valence-corrected chi connectivity index (χ0v) is 11.1. The lowest BCUT2D eigenvalue weighted by Crippen LogP contribution is -2.19. The Labute approximate surface area is 109 Å². The molecule has 0 atom stereocenters. The summed E-state index contributed by atoms with van der Waals surface area (Å²) < 4.78 is 6.26. The zero-order chi connectivity index (χ0) is 13.0. The summed E-state index contributed by atoms with van der Waals surface area (Å²) in [6.07, 6.45) is 3.80. The van der Waals surface area contributed by atoms with Crippen molar-refractivity contribution in [1.82, 2.24) is 10.3 Å². The fourth-order valence-corrected chi connectivity index (χ4v) is 2.41. The lowest BCUT2D eigenvalue weighted by Gasteiger charge is -1.96. The minimum absolute atomic E-state index is 0.0336. The van der Waals surface area contributed by atoms with Gasteiger partial charge in [0.05, 0.1) is 17.3 Å². The molecule has 1 N–H and O–H groups in total. The van der Waals surface area contributed by atoms with Gasteiger partial charge in [0.25, 0.3) is 0 Å². The molecule has 1 amide bonds. The minimum atomic E-state index is -0.0336. The highest BCUT2D eigenvalue weighted by molar-refractivity contribution is 7.19. The second kappa shape index (κ2) is 5.64. The van der Waals surface area contributed by atoms with Gasteiger partial charge in [0.2, 0.25) is 5.91 Å². The van der Waals surface area contributed by atoms with Gasteiger partial charge in [0.1, 0.15) is 10.8 Å². The van der Waals surface area contributed by atoms with Crippen LogP contribution in [0.4, 0.5) is 0 Å². The maximum Gasteiger partial charge on any atom is 0.217 e. The van der Waals surface area contributed by atoms with Gasteiger partial charge in [-0.05, 0) is 24.3 Å². The topological polar surface area (TPSA) is 51.2 Å². The van der Waals surface area contributed by atoms with Crippen LogP contribution in [0, 0.1) is 0 Å². The molecule has 1 heterocycles. The number of carbonyl (C=O) groups excluding carboxylic acids is 1. The van der Waals surface area contributed by atoms with E-state index in [-0.39, 0.29) is 5.91 Å². The van der Waals surface area contributed by atoms with Crippen LogP contribution < -0.4 is 10.1 Å². The first-order chi connectivity index (χ1) is 8.69. The molecule has 1 aromatic heterocycles. The zero-order valence-electron chi connectivity index (χ0n) is 10.3. The molecule has 2 aromatic rings. The first kappa shape index (κ1) is 12.6. The Kier molecular flexibility index (Phi) is 3.94. The van der Waals surface area contributed by atoms with Gasteiger partial charge in [-0.15, -0.1) is 11.3 Å². The van der Waals surface area contributed by atoms with Crippen LogP contribution in [-0.4, -0.2) is 24.5 Å². The fourth-order valence-electron chi connectivity index (χ4n) is 1.48. The largest absolute Gasteiger partial charge is 0.497 e. The van der Waals surface area contributed by atoms with Crippen molar-refractivity contribution in [3.63, 3.8) is 0 Å². The number of amides is 1. The normalized spacial score (nSPS) is 11.0. The Hall–Kier alpha value is -1.88. The number of hydrogen-bond donors (Lipinski definition) is 1. The third kappa shape index (κ3) is 3.07. The van der Waals surface area contributed by atoms with E-state index in [0.717, 1.165) is 21.0 Å². The monoisotopic (exact) mass is 262 g/mol. The van der Waals surface area contributed by atoms with Crippen LogP contribution in [0.25, 0.3) is 16.3 Å². The van der Waals surface area contributed by atoms with Gasteiger partial charge in [-0.3, -0.25) is 4.79 Å². The molecule has 5 heteroatoms. The average Bonchev–Trinajstić information content (AvgIpc) is 2.75. The van der Waals surface area contributed by atoms with Gasteiger partial charge in [-0.2, -0.15) is 0 Å². The molecule has 0 aliphatic heterocycles. The van der Waals surface area contributed by atoms with Gasteiger partial charge in [-0.1, -0.05) is 6.08 Å². The van der Waals surface area contributed by atoms with E-state index in [9.17, 15) is 4.79 Å². The molecule has 94 valence electrons. The van der Waals surface area contributed by atoms with E-state index in [0.29, 0.717) is 6.54 Å². The first-order valence-electron chi connectivity index (χ1n) is 5.54. The molecule has 0 saturated heterocycles. The average molecular weight is 262 g/mol. The third-order valence-corrected chi connectivity index (χ3v) is 3.32. The van der Waals surface area contributed by atoms with E-state index in [1.807, 2.05) is 30.4 Å². The molecule has 0 saturated carbocycles. The molecule has 1 aromatic carbocycles. The van der Waals surface area contributed by atoms with Crippen molar-refractivity contribution in [2.75, 3.05) is 13.7 Å². The number of hydrogen-bond acceptors (Lipinski definition) is 4. The number of nitrogens with one attached hydrogen (secondary N) is 1. The number of methoxy groups -OCH3 is 1. The predicted molar refractivity (Wildman–Crippen MR) is 73.9 cm³/mol. The Morgan fingerprint density at radius 2 is 2.39 bits per heavy atom. The van der Waals surface area contributed by atoms with Crippen molar-refractivity contribution in [2.24, 2.45) is 0 Å². The van der Waals surface area contributed by atoms with Crippen LogP contribution in [0.1, 0.15) is 11.9 Å². The van der Waals surface area contributed by atoms with Gasteiger partial charge in [0, 0.05) is 13.5 Å². The first-order valence-corrected chi connectivity index (χ1v) is 6.36. The van der Waals surface area contributed by atoms with Crippen LogP contribution in [0.15, 0.2) is 24.3 Å². The van der Waals surface area contributed by atoms with Crippen molar-refractivity contribution >= 4 is 33.5 Å². The van der Waals surface area contributed by atoms with Crippen molar-refractivity contribution in [1.29, 1.82) is 0 Å². The molecule has 0 aliphatic rings. The van der Waals surface area contributed by atoms with Gasteiger partial charge >= 0.3 is 0 Å². The van der Waals surface area contributed by atoms with Crippen LogP contribution in [-0.2, 0) is 4.79 Å². The van der Waals surface area contributed by atoms with Crippen molar-refractivity contribution in [3.05, 3.63) is 29.3 Å². The summed E-state index contributed by atoms with van der Waals surface area (Å²) in [6, 6.07) is 5.81. The van der Waals surface area contributed by atoms with Gasteiger partial charge in [0.15, 0.2) is 0 Å². The summed E-state index contributed by atoms with van der Waals surface area (Å²) in [4.78, 5) is 15.2. The SMILES string of the molecule is COc1ccc2nc(C=CCNC(C)=O)sc2c1. The lowest BCUT2D eigenvalue weighted by molar-refractivity contribution is -0.118. The van der Waals surface area contributed by atoms with E-state index in [1.165, 1.54) is 6.92 Å². The summed E-state index contributed by atoms with van der Waals surface area (Å²) in [5.74, 6) is 0.800. The summed E-state index contributed by atoms with van der Waals surface area (Å²) in [6.45, 7) is 2.02. The smallest absolute Gasteiger partial charge is 0.217 e. The fraction of sp³-hybridized carbons (Fsp3) is 0.231. The van der Waals surface area contributed by atoms with Crippen molar-refractivity contribution in [2.45, 2.75) is 6.92 Å². The molecule has 4 nitrogen and oxygen atoms in total. The molecule has 2 rings (SSSR count). The van der Waals surface area contributed by atoms with E-state index in [1.54, 1.807) is 18.4 Å². The second-order valence-corrected chi connectivity index (χ2v) is 4.79. The highest BCUT2D eigenvalue weighted by atomic mass is 32.1. The number of carbonyl (C=O) groups is 1. The Balaban J connectivity index is 2.12. The molecule has 0 bridgehead atoms. The van der Waals surface area contributed by atoms with Crippen LogP contribution in [0.2, 0.25) is 0 Å². The quantitative estimate of drug-likeness (QED) is 0.920. The Bertz CT molecular complexity index is 590. The standard InChI is InChI=1S/C13H14N2O2S/c1-9(16)14-7-3-4-13-15-11-6-5-10(17-2)8-12(11)18-13/h3-6,8H,7H2,1-2H3,(H,14,16). The number of rotatable bonds is 4. The molecule has 0 radical (unpaired) electrons. The molecular formula is C13H14N2O2S. The summed E-state index contributed by atoms with van der Waals surface area (Å²) in [5.41, 5.74) is 0.958. The van der Waals surface area contributed by atoms with Crippen molar-refractivity contribution in [3.8, 4) is 5.75 Å². The summed E-state index contributed by atoms with van der Waals surface area (Å²) in [5, 5.41) is 3.62. The lowest BCUT2D eigenvalue weighted by atomic mass is 10.3. The van der Waals surface area contributed by atoms with E-state index in [4.69, 9.17) is 4.74 Å². The molecule has 18 heavy (non-hydrogen) atoms. The van der Waals surface area contributed by atoms with E-state index < -0.39 is 0 Å². The summed E-state index contributed by atoms with van der Waals surface area (Å²) in [7, 11) is 1.65. The Morgan fingerprint density at radius 3 is 3.11 bits per heavy atom. The predicted octanol–water partition coefficient (Wildman–Crippen LogP) is 2.45. The second-order valence-electron chi connectivity index (χ2n) is 3.73. The van der Waals surface area contributed by atoms with E-state index >= 15 is 0 Å². The molecule has 0 fully saturated rings. The molecule has 0 spiro atoms. The highest BCUT2D eigenvalue weighted by Crippen LogP contribution is 2.26. The molecular weight excluding hydrogens is 248 g/mol.